The van der Waals surface area contributed by atoms with Gasteiger partial charge >= 0.3 is 0 Å². The first-order chi connectivity index (χ1) is 9.67. The highest BCUT2D eigenvalue weighted by Gasteiger charge is 2.25. The van der Waals surface area contributed by atoms with Crippen LogP contribution in [0.25, 0.3) is 0 Å². The summed E-state index contributed by atoms with van der Waals surface area (Å²) >= 11 is 0. The fourth-order valence-electron chi connectivity index (χ4n) is 2.65. The number of hydrogen-bond acceptors (Lipinski definition) is 6. The minimum Gasteiger partial charge on any atom is -0.490 e. The first-order valence-electron chi connectivity index (χ1n) is 7.21. The number of anilines is 2. The molecule has 0 saturated carbocycles. The van der Waals surface area contributed by atoms with Crippen molar-refractivity contribution in [2.75, 3.05) is 51.1 Å². The van der Waals surface area contributed by atoms with E-state index in [2.05, 4.69) is 39.2 Å². The molecular formula is C14H25N5O. The molecule has 1 fully saturated rings. The van der Waals surface area contributed by atoms with Crippen molar-refractivity contribution < 1.29 is 4.74 Å². The van der Waals surface area contributed by atoms with E-state index in [1.807, 2.05) is 6.92 Å². The van der Waals surface area contributed by atoms with Crippen LogP contribution in [0, 0.1) is 0 Å². The van der Waals surface area contributed by atoms with Crippen LogP contribution >= 0.6 is 0 Å². The van der Waals surface area contributed by atoms with E-state index in [0.717, 1.165) is 49.9 Å². The second-order valence-electron chi connectivity index (χ2n) is 5.25. The second kappa shape index (κ2) is 6.74. The zero-order valence-electron chi connectivity index (χ0n) is 12.9. The van der Waals surface area contributed by atoms with Crippen molar-refractivity contribution in [1.82, 2.24) is 14.9 Å². The van der Waals surface area contributed by atoms with Gasteiger partial charge in [0.15, 0.2) is 11.6 Å². The van der Waals surface area contributed by atoms with Gasteiger partial charge in [0.05, 0.1) is 7.11 Å². The molecule has 6 nitrogen and oxygen atoms in total. The minimum atomic E-state index is 0.504. The molecule has 1 aliphatic rings. The molecule has 20 heavy (non-hydrogen) atoms. The molecule has 0 amide bonds. The third-order valence-corrected chi connectivity index (χ3v) is 3.90. The highest BCUT2D eigenvalue weighted by molar-refractivity contribution is 5.64. The lowest BCUT2D eigenvalue weighted by Crippen LogP contribution is -2.42. The molecule has 0 unspecified atom stereocenters. The van der Waals surface area contributed by atoms with Crippen LogP contribution in [-0.2, 0) is 0 Å². The molecule has 0 aliphatic carbocycles. The molecule has 6 heteroatoms. The van der Waals surface area contributed by atoms with Gasteiger partial charge in [0.2, 0.25) is 5.75 Å². The lowest BCUT2D eigenvalue weighted by Gasteiger charge is -2.36. The van der Waals surface area contributed by atoms with Crippen LogP contribution < -0.4 is 15.0 Å². The molecule has 0 atom stereocenters. The monoisotopic (exact) mass is 279 g/mol. The van der Waals surface area contributed by atoms with Gasteiger partial charge < -0.3 is 19.9 Å². The Balaban J connectivity index is 2.20. The molecule has 112 valence electrons. The molecule has 1 saturated heterocycles. The van der Waals surface area contributed by atoms with E-state index in [9.17, 15) is 0 Å². The molecule has 0 radical (unpaired) electrons. The zero-order chi connectivity index (χ0) is 14.5. The van der Waals surface area contributed by atoms with Crippen molar-refractivity contribution >= 4 is 11.6 Å². The Labute approximate surface area is 121 Å². The number of ether oxygens (including phenoxy) is 1. The smallest absolute Gasteiger partial charge is 0.204 e. The molecule has 1 aromatic heterocycles. The summed E-state index contributed by atoms with van der Waals surface area (Å²) in [6.45, 7) is 5.11. The van der Waals surface area contributed by atoms with Gasteiger partial charge in [-0.3, -0.25) is 0 Å². The number of piperidine rings is 1. The Morgan fingerprint density at radius 3 is 2.70 bits per heavy atom. The van der Waals surface area contributed by atoms with E-state index in [4.69, 9.17) is 4.74 Å². The average molecular weight is 279 g/mol. The van der Waals surface area contributed by atoms with Crippen LogP contribution in [0.15, 0.2) is 6.33 Å². The summed E-state index contributed by atoms with van der Waals surface area (Å²) < 4.78 is 5.52. The van der Waals surface area contributed by atoms with Crippen LogP contribution in [0.1, 0.15) is 19.8 Å². The first-order valence-corrected chi connectivity index (χ1v) is 7.21. The van der Waals surface area contributed by atoms with Crippen LogP contribution in [-0.4, -0.2) is 61.7 Å². The van der Waals surface area contributed by atoms with E-state index >= 15 is 0 Å². The molecule has 2 rings (SSSR count). The van der Waals surface area contributed by atoms with E-state index in [-0.39, 0.29) is 0 Å². The minimum absolute atomic E-state index is 0.504. The summed E-state index contributed by atoms with van der Waals surface area (Å²) in [5.41, 5.74) is 0. The highest BCUT2D eigenvalue weighted by Crippen LogP contribution is 2.33. The Kier molecular flexibility index (Phi) is 5.00. The summed E-state index contributed by atoms with van der Waals surface area (Å²) in [5, 5.41) is 3.22. The largest absolute Gasteiger partial charge is 0.490 e. The van der Waals surface area contributed by atoms with Gasteiger partial charge in [0.1, 0.15) is 6.33 Å². The number of aromatic nitrogens is 2. The Morgan fingerprint density at radius 2 is 2.10 bits per heavy atom. The quantitative estimate of drug-likeness (QED) is 0.880. The maximum atomic E-state index is 5.52. The second-order valence-corrected chi connectivity index (χ2v) is 5.25. The summed E-state index contributed by atoms with van der Waals surface area (Å²) in [5.74, 6) is 2.36. The number of nitrogens with one attached hydrogen (secondary N) is 1. The van der Waals surface area contributed by atoms with E-state index in [0.29, 0.717) is 6.04 Å². The van der Waals surface area contributed by atoms with Crippen molar-refractivity contribution in [3.8, 4) is 5.75 Å². The molecule has 0 bridgehead atoms. The Bertz CT molecular complexity index is 432. The number of rotatable bonds is 5. The number of nitrogens with zero attached hydrogens (tertiary/aromatic N) is 4. The lowest BCUT2D eigenvalue weighted by atomic mass is 10.0. The predicted octanol–water partition coefficient (Wildman–Crippen LogP) is 1.45. The molecule has 0 spiro atoms. The molecule has 1 aromatic rings. The number of likely N-dealkylation sites (tertiary alicyclic amines) is 1. The van der Waals surface area contributed by atoms with Crippen molar-refractivity contribution in [2.45, 2.75) is 25.8 Å². The molecular weight excluding hydrogens is 254 g/mol. The lowest BCUT2D eigenvalue weighted by molar-refractivity contribution is 0.252. The van der Waals surface area contributed by atoms with Crippen molar-refractivity contribution in [3.63, 3.8) is 0 Å². The standard InChI is InChI=1S/C14H25N5O/c1-5-15-13-12(20-4)14(17-10-16-13)19(3)11-6-8-18(2)9-7-11/h10-11H,5-9H2,1-4H3,(H,15,16,17). The van der Waals surface area contributed by atoms with Crippen molar-refractivity contribution in [1.29, 1.82) is 0 Å². The number of methoxy groups -OCH3 is 1. The van der Waals surface area contributed by atoms with Crippen molar-refractivity contribution in [3.05, 3.63) is 6.33 Å². The van der Waals surface area contributed by atoms with Crippen molar-refractivity contribution in [2.24, 2.45) is 0 Å². The average Bonchev–Trinajstić information content (AvgIpc) is 2.47. The Morgan fingerprint density at radius 1 is 1.40 bits per heavy atom. The van der Waals surface area contributed by atoms with E-state index in [1.165, 1.54) is 0 Å². The Hall–Kier alpha value is -1.56. The van der Waals surface area contributed by atoms with Crippen LogP contribution in [0.5, 0.6) is 5.75 Å². The molecule has 1 aliphatic heterocycles. The van der Waals surface area contributed by atoms with Gasteiger partial charge in [0, 0.05) is 19.6 Å². The normalized spacial score (nSPS) is 17.0. The molecule has 1 N–H and O–H groups in total. The highest BCUT2D eigenvalue weighted by atomic mass is 16.5. The van der Waals surface area contributed by atoms with E-state index < -0.39 is 0 Å². The van der Waals surface area contributed by atoms with Crippen LogP contribution in [0.4, 0.5) is 11.6 Å². The fraction of sp³-hybridized carbons (Fsp3) is 0.714. The maximum Gasteiger partial charge on any atom is 0.204 e. The van der Waals surface area contributed by atoms with Gasteiger partial charge in [-0.1, -0.05) is 0 Å². The molecule has 2 heterocycles. The molecule has 0 aromatic carbocycles. The van der Waals surface area contributed by atoms with Gasteiger partial charge in [-0.2, -0.15) is 0 Å². The number of hydrogen-bond donors (Lipinski definition) is 1. The van der Waals surface area contributed by atoms with Gasteiger partial charge in [-0.15, -0.1) is 0 Å². The third kappa shape index (κ3) is 3.12. The van der Waals surface area contributed by atoms with Crippen LogP contribution in [0.3, 0.4) is 0 Å². The van der Waals surface area contributed by atoms with E-state index in [1.54, 1.807) is 13.4 Å². The fourth-order valence-corrected chi connectivity index (χ4v) is 2.65. The van der Waals surface area contributed by atoms with Gasteiger partial charge in [0.25, 0.3) is 0 Å². The summed E-state index contributed by atoms with van der Waals surface area (Å²) in [6.07, 6.45) is 3.90. The first kappa shape index (κ1) is 14.8. The SMILES string of the molecule is CCNc1ncnc(N(C)C2CCN(C)CC2)c1OC. The maximum absolute atomic E-state index is 5.52. The van der Waals surface area contributed by atoms with Gasteiger partial charge in [-0.25, -0.2) is 9.97 Å². The summed E-state index contributed by atoms with van der Waals surface area (Å²) in [6, 6.07) is 0.504. The summed E-state index contributed by atoms with van der Waals surface area (Å²) in [4.78, 5) is 13.3. The summed E-state index contributed by atoms with van der Waals surface area (Å²) in [7, 11) is 5.94. The topological polar surface area (TPSA) is 53.5 Å². The predicted molar refractivity (Wildman–Crippen MR) is 81.7 cm³/mol. The zero-order valence-corrected chi connectivity index (χ0v) is 12.9. The van der Waals surface area contributed by atoms with Gasteiger partial charge in [-0.05, 0) is 39.9 Å². The third-order valence-electron chi connectivity index (χ3n) is 3.90. The van der Waals surface area contributed by atoms with Crippen LogP contribution in [0.2, 0.25) is 0 Å².